The van der Waals surface area contributed by atoms with Gasteiger partial charge in [0.1, 0.15) is 12.0 Å². The van der Waals surface area contributed by atoms with E-state index in [0.717, 1.165) is 23.4 Å². The second-order valence-corrected chi connectivity index (χ2v) is 5.23. The number of benzene rings is 1. The number of nitrogens with one attached hydrogen (secondary N) is 1. The van der Waals surface area contributed by atoms with Gasteiger partial charge in [0, 0.05) is 24.2 Å². The van der Waals surface area contributed by atoms with Gasteiger partial charge in [-0.05, 0) is 24.5 Å². The zero-order chi connectivity index (χ0) is 13.8. The van der Waals surface area contributed by atoms with Crippen LogP contribution in [0.2, 0.25) is 0 Å². The molecule has 102 valence electrons. The number of hydrogen-bond acceptors (Lipinski definition) is 3. The number of anilines is 1. The van der Waals surface area contributed by atoms with Crippen LogP contribution < -0.4 is 5.32 Å². The summed E-state index contributed by atoms with van der Waals surface area (Å²) in [5, 5.41) is 3.57. The highest BCUT2D eigenvalue weighted by Crippen LogP contribution is 2.22. The Labute approximate surface area is 115 Å². The van der Waals surface area contributed by atoms with Crippen molar-refractivity contribution in [2.75, 3.05) is 5.32 Å². The molecule has 2 aromatic rings. The lowest BCUT2D eigenvalue weighted by atomic mass is 10.0. The van der Waals surface area contributed by atoms with E-state index in [1.165, 1.54) is 0 Å². The van der Waals surface area contributed by atoms with Crippen molar-refractivity contribution in [1.82, 2.24) is 4.98 Å². The van der Waals surface area contributed by atoms with Crippen LogP contribution in [0.25, 0.3) is 11.3 Å². The molecule has 0 bridgehead atoms. The zero-order valence-corrected chi connectivity index (χ0v) is 12.1. The maximum absolute atomic E-state index is 5.24. The van der Waals surface area contributed by atoms with E-state index in [4.69, 9.17) is 4.42 Å². The molecule has 1 heterocycles. The van der Waals surface area contributed by atoms with E-state index >= 15 is 0 Å². The van der Waals surface area contributed by atoms with Gasteiger partial charge >= 0.3 is 0 Å². The van der Waals surface area contributed by atoms with Crippen molar-refractivity contribution in [2.45, 2.75) is 40.2 Å². The predicted octanol–water partition coefficient (Wildman–Crippen LogP) is 4.50. The quantitative estimate of drug-likeness (QED) is 0.858. The SMILES string of the molecule is CCC(Nc1ccc(-c2coc(C)n2)cc1)C(C)C. The third-order valence-electron chi connectivity index (χ3n) is 3.40. The van der Waals surface area contributed by atoms with Crippen LogP contribution in [0.4, 0.5) is 5.69 Å². The van der Waals surface area contributed by atoms with E-state index in [0.29, 0.717) is 17.9 Å². The summed E-state index contributed by atoms with van der Waals surface area (Å²) in [7, 11) is 0. The van der Waals surface area contributed by atoms with E-state index in [1.54, 1.807) is 6.26 Å². The Kier molecular flexibility index (Phi) is 4.25. The number of aryl methyl sites for hydroxylation is 1. The molecule has 19 heavy (non-hydrogen) atoms. The highest BCUT2D eigenvalue weighted by molar-refractivity contribution is 5.61. The lowest BCUT2D eigenvalue weighted by Crippen LogP contribution is -2.24. The van der Waals surface area contributed by atoms with Gasteiger partial charge in [0.05, 0.1) is 0 Å². The van der Waals surface area contributed by atoms with Gasteiger partial charge in [-0.2, -0.15) is 0 Å². The van der Waals surface area contributed by atoms with Crippen LogP contribution in [-0.4, -0.2) is 11.0 Å². The second-order valence-electron chi connectivity index (χ2n) is 5.23. The van der Waals surface area contributed by atoms with Gasteiger partial charge in [-0.1, -0.05) is 32.9 Å². The number of nitrogens with zero attached hydrogens (tertiary/aromatic N) is 1. The third kappa shape index (κ3) is 3.37. The Balaban J connectivity index is 2.10. The fourth-order valence-electron chi connectivity index (χ4n) is 2.19. The fraction of sp³-hybridized carbons (Fsp3) is 0.438. The van der Waals surface area contributed by atoms with Gasteiger partial charge in [0.2, 0.25) is 0 Å². The molecule has 0 spiro atoms. The number of rotatable bonds is 5. The molecule has 0 saturated heterocycles. The van der Waals surface area contributed by atoms with Crippen LogP contribution in [0.3, 0.4) is 0 Å². The molecule has 0 saturated carbocycles. The first-order valence-corrected chi connectivity index (χ1v) is 6.89. The standard InChI is InChI=1S/C16H22N2O/c1-5-15(11(2)3)18-14-8-6-13(7-9-14)16-10-19-12(4)17-16/h6-11,15,18H,5H2,1-4H3. The first-order valence-electron chi connectivity index (χ1n) is 6.89. The number of hydrogen-bond donors (Lipinski definition) is 1. The minimum atomic E-state index is 0.514. The van der Waals surface area contributed by atoms with Crippen LogP contribution in [0.1, 0.15) is 33.1 Å². The molecule has 0 radical (unpaired) electrons. The van der Waals surface area contributed by atoms with Gasteiger partial charge in [0.25, 0.3) is 0 Å². The Morgan fingerprint density at radius 1 is 1.21 bits per heavy atom. The lowest BCUT2D eigenvalue weighted by molar-refractivity contribution is 0.511. The molecule has 1 aromatic carbocycles. The molecule has 0 fully saturated rings. The summed E-state index contributed by atoms with van der Waals surface area (Å²) in [5.41, 5.74) is 3.13. The highest BCUT2D eigenvalue weighted by Gasteiger charge is 2.10. The van der Waals surface area contributed by atoms with E-state index in [2.05, 4.69) is 55.3 Å². The van der Waals surface area contributed by atoms with Crippen LogP contribution in [0, 0.1) is 12.8 Å². The lowest BCUT2D eigenvalue weighted by Gasteiger charge is -2.22. The van der Waals surface area contributed by atoms with Gasteiger partial charge in [-0.25, -0.2) is 4.98 Å². The molecule has 1 aromatic heterocycles. The predicted molar refractivity (Wildman–Crippen MR) is 79.2 cm³/mol. The smallest absolute Gasteiger partial charge is 0.191 e. The summed E-state index contributed by atoms with van der Waals surface area (Å²) in [6, 6.07) is 8.87. The highest BCUT2D eigenvalue weighted by atomic mass is 16.3. The number of oxazole rings is 1. The largest absolute Gasteiger partial charge is 0.449 e. The molecule has 1 atom stereocenters. The maximum atomic E-state index is 5.24. The van der Waals surface area contributed by atoms with E-state index < -0.39 is 0 Å². The Hall–Kier alpha value is -1.77. The average Bonchev–Trinajstić information content (AvgIpc) is 2.83. The van der Waals surface area contributed by atoms with E-state index in [1.807, 2.05) is 6.92 Å². The van der Waals surface area contributed by atoms with Crippen molar-refractivity contribution < 1.29 is 4.42 Å². The summed E-state index contributed by atoms with van der Waals surface area (Å²) in [6.07, 6.45) is 2.82. The second kappa shape index (κ2) is 5.91. The molecular weight excluding hydrogens is 236 g/mol. The summed E-state index contributed by atoms with van der Waals surface area (Å²) >= 11 is 0. The molecular formula is C16H22N2O. The molecule has 2 rings (SSSR count). The Morgan fingerprint density at radius 3 is 2.37 bits per heavy atom. The van der Waals surface area contributed by atoms with Crippen molar-refractivity contribution in [3.05, 3.63) is 36.4 Å². The van der Waals surface area contributed by atoms with E-state index in [-0.39, 0.29) is 0 Å². The van der Waals surface area contributed by atoms with Crippen LogP contribution in [0.15, 0.2) is 34.9 Å². The zero-order valence-electron chi connectivity index (χ0n) is 12.1. The van der Waals surface area contributed by atoms with Crippen molar-refractivity contribution in [3.63, 3.8) is 0 Å². The summed E-state index contributed by atoms with van der Waals surface area (Å²) < 4.78 is 5.24. The molecule has 0 aliphatic rings. The van der Waals surface area contributed by atoms with E-state index in [9.17, 15) is 0 Å². The van der Waals surface area contributed by atoms with Gasteiger partial charge in [-0.3, -0.25) is 0 Å². The van der Waals surface area contributed by atoms with Crippen molar-refractivity contribution in [3.8, 4) is 11.3 Å². The minimum Gasteiger partial charge on any atom is -0.449 e. The molecule has 1 unspecified atom stereocenters. The molecule has 3 nitrogen and oxygen atoms in total. The van der Waals surface area contributed by atoms with Crippen LogP contribution in [-0.2, 0) is 0 Å². The molecule has 0 aliphatic carbocycles. The normalized spacial score (nSPS) is 12.7. The Morgan fingerprint density at radius 2 is 1.89 bits per heavy atom. The van der Waals surface area contributed by atoms with Crippen molar-refractivity contribution in [1.29, 1.82) is 0 Å². The van der Waals surface area contributed by atoms with Crippen LogP contribution >= 0.6 is 0 Å². The Bertz CT molecular complexity index is 514. The van der Waals surface area contributed by atoms with Gasteiger partial charge in [0.15, 0.2) is 5.89 Å². The first kappa shape index (κ1) is 13.7. The van der Waals surface area contributed by atoms with Crippen molar-refractivity contribution in [2.24, 2.45) is 5.92 Å². The summed E-state index contributed by atoms with van der Waals surface area (Å²) in [4.78, 5) is 4.33. The number of aromatic nitrogens is 1. The molecule has 1 N–H and O–H groups in total. The van der Waals surface area contributed by atoms with Gasteiger partial charge < -0.3 is 9.73 Å². The summed E-state index contributed by atoms with van der Waals surface area (Å²) in [6.45, 7) is 8.56. The first-order chi connectivity index (χ1) is 9.10. The van der Waals surface area contributed by atoms with Gasteiger partial charge in [-0.15, -0.1) is 0 Å². The fourth-order valence-corrected chi connectivity index (χ4v) is 2.19. The third-order valence-corrected chi connectivity index (χ3v) is 3.40. The molecule has 3 heteroatoms. The average molecular weight is 258 g/mol. The monoisotopic (exact) mass is 258 g/mol. The molecule has 0 aliphatic heterocycles. The maximum Gasteiger partial charge on any atom is 0.191 e. The summed E-state index contributed by atoms with van der Waals surface area (Å²) in [5.74, 6) is 1.32. The molecule has 0 amide bonds. The minimum absolute atomic E-state index is 0.514. The topological polar surface area (TPSA) is 38.1 Å². The van der Waals surface area contributed by atoms with Crippen LogP contribution in [0.5, 0.6) is 0 Å². The van der Waals surface area contributed by atoms with Crippen molar-refractivity contribution >= 4 is 5.69 Å².